The summed E-state index contributed by atoms with van der Waals surface area (Å²) in [5, 5.41) is 0. The molecule has 0 amide bonds. The van der Waals surface area contributed by atoms with Crippen LogP contribution in [0.2, 0.25) is 0 Å². The minimum absolute atomic E-state index is 0.0439. The van der Waals surface area contributed by atoms with Gasteiger partial charge in [-0.2, -0.15) is 8.78 Å². The topological polar surface area (TPSA) is 55.4 Å². The van der Waals surface area contributed by atoms with E-state index in [0.717, 1.165) is 0 Å². The number of alkyl halides is 3. The SMILES string of the molecule is O=S(=O)(CCCCl)NCc1ccccc1OC(F)F. The highest BCUT2D eigenvalue weighted by molar-refractivity contribution is 7.89. The zero-order valence-corrected chi connectivity index (χ0v) is 11.6. The first-order chi connectivity index (χ1) is 8.94. The van der Waals surface area contributed by atoms with Gasteiger partial charge in [0.05, 0.1) is 5.75 Å². The Bertz CT molecular complexity index is 496. The summed E-state index contributed by atoms with van der Waals surface area (Å²) in [7, 11) is -3.46. The van der Waals surface area contributed by atoms with Gasteiger partial charge in [0.2, 0.25) is 10.0 Å². The molecule has 0 aliphatic rings. The van der Waals surface area contributed by atoms with Crippen molar-refractivity contribution in [1.29, 1.82) is 0 Å². The summed E-state index contributed by atoms with van der Waals surface area (Å²) in [6, 6.07) is 6.01. The number of ether oxygens (including phenoxy) is 1. The fraction of sp³-hybridized carbons (Fsp3) is 0.455. The number of sulfonamides is 1. The molecular formula is C11H14ClF2NO3S. The van der Waals surface area contributed by atoms with Gasteiger partial charge in [0, 0.05) is 18.0 Å². The number of para-hydroxylation sites is 1. The highest BCUT2D eigenvalue weighted by atomic mass is 35.5. The molecule has 0 bridgehead atoms. The van der Waals surface area contributed by atoms with E-state index in [2.05, 4.69) is 9.46 Å². The van der Waals surface area contributed by atoms with Crippen molar-refractivity contribution in [2.24, 2.45) is 0 Å². The number of halogens is 3. The summed E-state index contributed by atoms with van der Waals surface area (Å²) in [4.78, 5) is 0. The van der Waals surface area contributed by atoms with E-state index in [9.17, 15) is 17.2 Å². The maximum Gasteiger partial charge on any atom is 0.387 e. The van der Waals surface area contributed by atoms with Crippen molar-refractivity contribution in [3.05, 3.63) is 29.8 Å². The van der Waals surface area contributed by atoms with Crippen LogP contribution < -0.4 is 9.46 Å². The third-order valence-electron chi connectivity index (χ3n) is 2.22. The molecule has 19 heavy (non-hydrogen) atoms. The Morgan fingerprint density at radius 2 is 2.00 bits per heavy atom. The van der Waals surface area contributed by atoms with Crippen molar-refractivity contribution < 1.29 is 21.9 Å². The van der Waals surface area contributed by atoms with Crippen LogP contribution in [0, 0.1) is 0 Å². The van der Waals surface area contributed by atoms with E-state index >= 15 is 0 Å². The van der Waals surface area contributed by atoms with E-state index in [1.807, 2.05) is 0 Å². The molecule has 1 aromatic rings. The molecule has 0 atom stereocenters. The molecule has 1 aromatic carbocycles. The zero-order valence-electron chi connectivity index (χ0n) is 9.98. The second kappa shape index (κ2) is 7.62. The molecule has 8 heteroatoms. The maximum absolute atomic E-state index is 12.2. The van der Waals surface area contributed by atoms with E-state index in [4.69, 9.17) is 11.6 Å². The molecule has 1 N–H and O–H groups in total. The van der Waals surface area contributed by atoms with Gasteiger partial charge in [-0.1, -0.05) is 18.2 Å². The smallest absolute Gasteiger partial charge is 0.387 e. The second-order valence-corrected chi connectivity index (χ2v) is 5.97. The molecule has 0 saturated heterocycles. The van der Waals surface area contributed by atoms with Crippen LogP contribution in [-0.2, 0) is 16.6 Å². The Hall–Kier alpha value is -0.920. The van der Waals surface area contributed by atoms with Gasteiger partial charge in [-0.3, -0.25) is 0 Å². The molecule has 0 fully saturated rings. The molecule has 0 radical (unpaired) electrons. The minimum atomic E-state index is -3.46. The van der Waals surface area contributed by atoms with Gasteiger partial charge >= 0.3 is 6.61 Å². The predicted octanol–water partition coefficient (Wildman–Crippen LogP) is 2.34. The average Bonchev–Trinajstić information content (AvgIpc) is 2.35. The predicted molar refractivity (Wildman–Crippen MR) is 69.0 cm³/mol. The molecular weight excluding hydrogens is 300 g/mol. The average molecular weight is 314 g/mol. The van der Waals surface area contributed by atoms with Crippen molar-refractivity contribution in [2.75, 3.05) is 11.6 Å². The van der Waals surface area contributed by atoms with Crippen LogP contribution in [0.15, 0.2) is 24.3 Å². The van der Waals surface area contributed by atoms with E-state index < -0.39 is 16.6 Å². The fourth-order valence-electron chi connectivity index (χ4n) is 1.37. The summed E-state index contributed by atoms with van der Waals surface area (Å²) in [5.74, 6) is 0.0953. The van der Waals surface area contributed by atoms with Gasteiger partial charge in [-0.05, 0) is 12.5 Å². The van der Waals surface area contributed by atoms with E-state index in [1.54, 1.807) is 6.07 Å². The van der Waals surface area contributed by atoms with Gasteiger partial charge in [0.25, 0.3) is 0 Å². The monoisotopic (exact) mass is 313 g/mol. The van der Waals surface area contributed by atoms with Crippen LogP contribution >= 0.6 is 11.6 Å². The molecule has 0 aliphatic carbocycles. The summed E-state index contributed by atoms with van der Waals surface area (Å²) >= 11 is 5.41. The van der Waals surface area contributed by atoms with Crippen LogP contribution in [0.1, 0.15) is 12.0 Å². The Kier molecular flexibility index (Phi) is 6.47. The van der Waals surface area contributed by atoms with E-state index in [-0.39, 0.29) is 23.9 Å². The molecule has 0 aromatic heterocycles. The normalized spacial score (nSPS) is 11.8. The Morgan fingerprint density at radius 3 is 2.63 bits per heavy atom. The summed E-state index contributed by atoms with van der Waals surface area (Å²) in [5.41, 5.74) is 0.345. The largest absolute Gasteiger partial charge is 0.434 e. The lowest BCUT2D eigenvalue weighted by Gasteiger charge is -2.11. The van der Waals surface area contributed by atoms with Crippen LogP contribution in [0.3, 0.4) is 0 Å². The third-order valence-corrected chi connectivity index (χ3v) is 3.90. The molecule has 0 unspecified atom stereocenters. The highest BCUT2D eigenvalue weighted by Crippen LogP contribution is 2.20. The Morgan fingerprint density at radius 1 is 1.32 bits per heavy atom. The molecule has 0 spiro atoms. The Labute approximate surface area is 115 Å². The molecule has 1 rings (SSSR count). The van der Waals surface area contributed by atoms with Crippen LogP contribution in [0.5, 0.6) is 5.75 Å². The number of nitrogens with one attached hydrogen (secondary N) is 1. The van der Waals surface area contributed by atoms with Crippen molar-refractivity contribution in [2.45, 2.75) is 19.6 Å². The lowest BCUT2D eigenvalue weighted by molar-refractivity contribution is -0.0504. The van der Waals surface area contributed by atoms with Crippen molar-refractivity contribution >= 4 is 21.6 Å². The lowest BCUT2D eigenvalue weighted by atomic mass is 10.2. The molecule has 4 nitrogen and oxygen atoms in total. The molecule has 108 valence electrons. The standard InChI is InChI=1S/C11H14ClF2NO3S/c12-6-3-7-19(16,17)15-8-9-4-1-2-5-10(9)18-11(13)14/h1-2,4-5,11,15H,3,6-8H2. The number of hydrogen-bond donors (Lipinski definition) is 1. The van der Waals surface area contributed by atoms with Crippen molar-refractivity contribution in [1.82, 2.24) is 4.72 Å². The van der Waals surface area contributed by atoms with Crippen LogP contribution in [0.25, 0.3) is 0 Å². The quantitative estimate of drug-likeness (QED) is 0.749. The number of rotatable bonds is 8. The first-order valence-electron chi connectivity index (χ1n) is 5.50. The number of benzene rings is 1. The van der Waals surface area contributed by atoms with Crippen LogP contribution in [-0.4, -0.2) is 26.7 Å². The second-order valence-electron chi connectivity index (χ2n) is 3.67. The molecule has 0 aliphatic heterocycles. The van der Waals surface area contributed by atoms with Gasteiger partial charge in [-0.15, -0.1) is 11.6 Å². The maximum atomic E-state index is 12.2. The number of hydrogen-bond acceptors (Lipinski definition) is 3. The lowest BCUT2D eigenvalue weighted by Crippen LogP contribution is -2.26. The van der Waals surface area contributed by atoms with Crippen molar-refractivity contribution in [3.63, 3.8) is 0 Å². The summed E-state index contributed by atoms with van der Waals surface area (Å²) in [6.07, 6.45) is 0.325. The Balaban J connectivity index is 2.67. The first kappa shape index (κ1) is 16.1. The van der Waals surface area contributed by atoms with Gasteiger partial charge in [0.15, 0.2) is 0 Å². The molecule has 0 saturated carbocycles. The zero-order chi connectivity index (χ0) is 14.3. The minimum Gasteiger partial charge on any atom is -0.434 e. The van der Waals surface area contributed by atoms with E-state index in [1.165, 1.54) is 18.2 Å². The first-order valence-corrected chi connectivity index (χ1v) is 7.69. The van der Waals surface area contributed by atoms with Gasteiger partial charge < -0.3 is 4.74 Å². The van der Waals surface area contributed by atoms with Crippen molar-refractivity contribution in [3.8, 4) is 5.75 Å². The fourth-order valence-corrected chi connectivity index (χ4v) is 2.70. The third kappa shape index (κ3) is 6.17. The van der Waals surface area contributed by atoms with E-state index in [0.29, 0.717) is 12.0 Å². The summed E-state index contributed by atoms with van der Waals surface area (Å²) < 4.78 is 54.0. The van der Waals surface area contributed by atoms with Crippen LogP contribution in [0.4, 0.5) is 8.78 Å². The van der Waals surface area contributed by atoms with Gasteiger partial charge in [-0.25, -0.2) is 13.1 Å². The summed E-state index contributed by atoms with van der Waals surface area (Å²) in [6.45, 7) is -3.05. The molecule has 0 heterocycles. The van der Waals surface area contributed by atoms with Gasteiger partial charge in [0.1, 0.15) is 5.75 Å². The highest BCUT2D eigenvalue weighted by Gasteiger charge is 2.13.